The number of hydrogen-bond acceptors (Lipinski definition) is 4. The van der Waals surface area contributed by atoms with Crippen LogP contribution in [0, 0.1) is 0 Å². The van der Waals surface area contributed by atoms with E-state index in [1.165, 1.54) is 50.1 Å². The lowest BCUT2D eigenvalue weighted by atomic mass is 10.0. The Morgan fingerprint density at radius 2 is 1.72 bits per heavy atom. The van der Waals surface area contributed by atoms with Crippen LogP contribution >= 0.6 is 0 Å². The predicted octanol–water partition coefficient (Wildman–Crippen LogP) is 2.91. The molecule has 2 aromatic rings. The summed E-state index contributed by atoms with van der Waals surface area (Å²) < 4.78 is 0. The number of pyridine rings is 1. The molecule has 0 radical (unpaired) electrons. The summed E-state index contributed by atoms with van der Waals surface area (Å²) in [6, 6.07) is 16.3. The normalized spacial score (nSPS) is 22.4. The molecule has 132 valence electrons. The topological polar surface area (TPSA) is 31.4 Å². The molecule has 4 rings (SSSR count). The number of benzene rings is 1. The summed E-state index contributed by atoms with van der Waals surface area (Å²) in [4.78, 5) is 9.29. The van der Waals surface area contributed by atoms with E-state index in [9.17, 15) is 0 Å². The molecule has 1 atom stereocenters. The highest BCUT2D eigenvalue weighted by Crippen LogP contribution is 2.21. The van der Waals surface area contributed by atoms with E-state index < -0.39 is 0 Å². The predicted molar refractivity (Wildman–Crippen MR) is 103 cm³/mol. The Balaban J connectivity index is 1.22. The van der Waals surface area contributed by atoms with Crippen molar-refractivity contribution in [2.75, 3.05) is 31.1 Å². The number of nitrogens with one attached hydrogen (secondary N) is 1. The summed E-state index contributed by atoms with van der Waals surface area (Å²) >= 11 is 0. The van der Waals surface area contributed by atoms with Gasteiger partial charge in [0.25, 0.3) is 0 Å². The molecule has 4 heteroatoms. The second-order valence-electron chi connectivity index (χ2n) is 7.35. The monoisotopic (exact) mass is 336 g/mol. The Labute approximate surface area is 150 Å². The van der Waals surface area contributed by atoms with Gasteiger partial charge in [0, 0.05) is 49.8 Å². The van der Waals surface area contributed by atoms with E-state index in [-0.39, 0.29) is 0 Å². The molecule has 0 spiro atoms. The van der Waals surface area contributed by atoms with Crippen molar-refractivity contribution < 1.29 is 0 Å². The molecule has 2 fully saturated rings. The van der Waals surface area contributed by atoms with Crippen molar-refractivity contribution in [2.45, 2.75) is 37.9 Å². The Morgan fingerprint density at radius 3 is 2.48 bits per heavy atom. The summed E-state index contributed by atoms with van der Waals surface area (Å²) in [7, 11) is 0. The summed E-state index contributed by atoms with van der Waals surface area (Å²) in [6.07, 6.45) is 7.59. The number of aromatic nitrogens is 1. The van der Waals surface area contributed by atoms with E-state index >= 15 is 0 Å². The van der Waals surface area contributed by atoms with E-state index in [0.717, 1.165) is 13.1 Å². The number of para-hydroxylation sites is 1. The lowest BCUT2D eigenvalue weighted by Gasteiger charge is -2.34. The number of hydrogen-bond donors (Lipinski definition) is 1. The smallest absolute Gasteiger partial charge is 0.0366 e. The van der Waals surface area contributed by atoms with Crippen LogP contribution in [0.1, 0.15) is 24.8 Å². The lowest BCUT2D eigenvalue weighted by molar-refractivity contribution is 0.185. The van der Waals surface area contributed by atoms with Gasteiger partial charge in [-0.2, -0.15) is 0 Å². The summed E-state index contributed by atoms with van der Waals surface area (Å²) in [5.41, 5.74) is 2.68. The Morgan fingerprint density at radius 1 is 0.920 bits per heavy atom. The quantitative estimate of drug-likeness (QED) is 0.910. The zero-order chi connectivity index (χ0) is 16.9. The highest BCUT2D eigenvalue weighted by Gasteiger charge is 2.26. The van der Waals surface area contributed by atoms with E-state index in [4.69, 9.17) is 0 Å². The van der Waals surface area contributed by atoms with Gasteiger partial charge in [0.1, 0.15) is 0 Å². The van der Waals surface area contributed by atoms with Crippen LogP contribution in [0.5, 0.6) is 0 Å². The van der Waals surface area contributed by atoms with Crippen molar-refractivity contribution in [3.63, 3.8) is 0 Å². The molecule has 2 aliphatic rings. The van der Waals surface area contributed by atoms with Crippen molar-refractivity contribution in [2.24, 2.45) is 0 Å². The molecule has 3 heterocycles. The molecule has 0 saturated carbocycles. The lowest BCUT2D eigenvalue weighted by Crippen LogP contribution is -2.46. The number of rotatable bonds is 5. The van der Waals surface area contributed by atoms with Crippen LogP contribution in [0.4, 0.5) is 5.69 Å². The summed E-state index contributed by atoms with van der Waals surface area (Å²) in [5.74, 6) is 0. The molecule has 25 heavy (non-hydrogen) atoms. The Bertz CT molecular complexity index is 637. The molecule has 1 N–H and O–H groups in total. The third kappa shape index (κ3) is 4.39. The van der Waals surface area contributed by atoms with Crippen LogP contribution in [0.15, 0.2) is 54.9 Å². The Hall–Kier alpha value is -1.91. The first kappa shape index (κ1) is 16.6. The van der Waals surface area contributed by atoms with Crippen molar-refractivity contribution >= 4 is 5.69 Å². The third-order valence-electron chi connectivity index (χ3n) is 5.50. The average Bonchev–Trinajstić information content (AvgIpc) is 3.14. The van der Waals surface area contributed by atoms with Crippen molar-refractivity contribution in [1.82, 2.24) is 15.2 Å². The van der Waals surface area contributed by atoms with Gasteiger partial charge in [-0.1, -0.05) is 24.3 Å². The second kappa shape index (κ2) is 7.98. The van der Waals surface area contributed by atoms with Crippen LogP contribution in [-0.2, 0) is 6.54 Å². The maximum atomic E-state index is 4.22. The van der Waals surface area contributed by atoms with Gasteiger partial charge in [0.05, 0.1) is 0 Å². The molecule has 2 aliphatic heterocycles. The van der Waals surface area contributed by atoms with Gasteiger partial charge in [-0.25, -0.2) is 0 Å². The van der Waals surface area contributed by atoms with Crippen LogP contribution < -0.4 is 10.2 Å². The molecule has 0 aliphatic carbocycles. The first-order valence-electron chi connectivity index (χ1n) is 9.54. The van der Waals surface area contributed by atoms with Gasteiger partial charge in [-0.15, -0.1) is 0 Å². The number of anilines is 1. The molecule has 4 nitrogen and oxygen atoms in total. The maximum absolute atomic E-state index is 4.22. The summed E-state index contributed by atoms with van der Waals surface area (Å²) in [5, 5.41) is 3.92. The van der Waals surface area contributed by atoms with Gasteiger partial charge in [0.15, 0.2) is 0 Å². The van der Waals surface area contributed by atoms with Crippen LogP contribution in [0.3, 0.4) is 0 Å². The Kier molecular flexibility index (Phi) is 5.28. The number of likely N-dealkylation sites (tertiary alicyclic amines) is 1. The second-order valence-corrected chi connectivity index (χ2v) is 7.35. The first-order chi connectivity index (χ1) is 12.4. The minimum atomic E-state index is 0.634. The van der Waals surface area contributed by atoms with E-state index in [2.05, 4.69) is 56.5 Å². The van der Waals surface area contributed by atoms with Gasteiger partial charge in [-0.3, -0.25) is 9.88 Å². The molecule has 1 unspecified atom stereocenters. The minimum absolute atomic E-state index is 0.634. The maximum Gasteiger partial charge on any atom is 0.0366 e. The number of piperidine rings is 1. The zero-order valence-corrected chi connectivity index (χ0v) is 14.8. The van der Waals surface area contributed by atoms with Crippen LogP contribution in [-0.4, -0.2) is 48.1 Å². The first-order valence-corrected chi connectivity index (χ1v) is 9.54. The largest absolute Gasteiger partial charge is 0.370 e. The van der Waals surface area contributed by atoms with E-state index in [1.54, 1.807) is 0 Å². The molecular formula is C21H28N4. The molecule has 0 amide bonds. The van der Waals surface area contributed by atoms with Gasteiger partial charge in [-0.05, 0) is 56.1 Å². The molecule has 1 aromatic carbocycles. The van der Waals surface area contributed by atoms with Crippen LogP contribution in [0.2, 0.25) is 0 Å². The van der Waals surface area contributed by atoms with Gasteiger partial charge < -0.3 is 10.2 Å². The van der Waals surface area contributed by atoms with Gasteiger partial charge in [0.2, 0.25) is 0 Å². The standard InChI is InChI=1S/C21H28N4/c1-2-6-21(7-3-1)25-14-10-20(17-25)23-19-8-12-24(13-9-19)16-18-5-4-11-22-15-18/h1-7,11,15,19-20,23H,8-10,12-14,16-17H2. The highest BCUT2D eigenvalue weighted by atomic mass is 15.2. The number of nitrogens with zero attached hydrogens (tertiary/aromatic N) is 3. The van der Waals surface area contributed by atoms with E-state index in [0.29, 0.717) is 12.1 Å². The van der Waals surface area contributed by atoms with Crippen molar-refractivity contribution in [1.29, 1.82) is 0 Å². The fraction of sp³-hybridized carbons (Fsp3) is 0.476. The SMILES string of the molecule is c1ccc(N2CCC(NC3CCN(Cc4cccnc4)CC3)C2)cc1. The average molecular weight is 336 g/mol. The third-order valence-corrected chi connectivity index (χ3v) is 5.50. The van der Waals surface area contributed by atoms with Gasteiger partial charge >= 0.3 is 0 Å². The molecule has 1 aromatic heterocycles. The zero-order valence-electron chi connectivity index (χ0n) is 14.8. The minimum Gasteiger partial charge on any atom is -0.370 e. The van der Waals surface area contributed by atoms with E-state index in [1.807, 2.05) is 18.5 Å². The fourth-order valence-electron chi connectivity index (χ4n) is 4.11. The fourth-order valence-corrected chi connectivity index (χ4v) is 4.11. The molecule has 2 saturated heterocycles. The van der Waals surface area contributed by atoms with Crippen molar-refractivity contribution in [3.05, 3.63) is 60.4 Å². The summed E-state index contributed by atoms with van der Waals surface area (Å²) in [6.45, 7) is 5.70. The molecular weight excluding hydrogens is 308 g/mol. The van der Waals surface area contributed by atoms with Crippen molar-refractivity contribution in [3.8, 4) is 0 Å². The highest BCUT2D eigenvalue weighted by molar-refractivity contribution is 5.47. The van der Waals surface area contributed by atoms with Crippen LogP contribution in [0.25, 0.3) is 0 Å². The molecule has 0 bridgehead atoms.